The summed E-state index contributed by atoms with van der Waals surface area (Å²) in [7, 11) is 2.92. The number of methoxy groups -OCH3 is 2. The average Bonchev–Trinajstić information content (AvgIpc) is 2.43. The first-order valence-electron chi connectivity index (χ1n) is 6.65. The monoisotopic (exact) mass is 281 g/mol. The summed E-state index contributed by atoms with van der Waals surface area (Å²) in [5.41, 5.74) is 0.712. The maximum atomic E-state index is 11.7. The minimum Gasteiger partial charge on any atom is -0.507 e. The van der Waals surface area contributed by atoms with E-state index in [2.05, 4.69) is 5.32 Å². The highest BCUT2D eigenvalue weighted by Crippen LogP contribution is 2.23. The standard InChI is InChI=1S/C15H23NO4/c1-10(2)7-13(15(18)20-4)16-9-11-5-6-12(19-3)8-14(11)17/h5-6,8,10,13,16-17H,7,9H2,1-4H3. The number of hydrogen-bond acceptors (Lipinski definition) is 5. The number of hydrogen-bond donors (Lipinski definition) is 2. The van der Waals surface area contributed by atoms with Gasteiger partial charge in [-0.25, -0.2) is 0 Å². The molecule has 0 aliphatic carbocycles. The molecule has 1 aromatic carbocycles. The van der Waals surface area contributed by atoms with Crippen LogP contribution in [0.1, 0.15) is 25.8 Å². The summed E-state index contributed by atoms with van der Waals surface area (Å²) in [6.07, 6.45) is 0.684. The molecule has 0 aromatic heterocycles. The first-order chi connectivity index (χ1) is 9.47. The zero-order chi connectivity index (χ0) is 15.1. The van der Waals surface area contributed by atoms with Crippen LogP contribution in [0.5, 0.6) is 11.5 Å². The predicted molar refractivity (Wildman–Crippen MR) is 76.8 cm³/mol. The molecule has 5 heteroatoms. The maximum Gasteiger partial charge on any atom is 0.322 e. The Hall–Kier alpha value is -1.75. The molecular weight excluding hydrogens is 258 g/mol. The van der Waals surface area contributed by atoms with Crippen molar-refractivity contribution in [3.05, 3.63) is 23.8 Å². The minimum absolute atomic E-state index is 0.144. The van der Waals surface area contributed by atoms with Crippen LogP contribution in [0.4, 0.5) is 0 Å². The van der Waals surface area contributed by atoms with E-state index in [1.807, 2.05) is 13.8 Å². The molecule has 0 saturated carbocycles. The number of esters is 1. The van der Waals surface area contributed by atoms with Gasteiger partial charge in [0.05, 0.1) is 14.2 Å². The molecule has 1 unspecified atom stereocenters. The Morgan fingerprint density at radius 3 is 2.55 bits per heavy atom. The molecule has 1 rings (SSSR count). The Kier molecular flexibility index (Phi) is 6.31. The van der Waals surface area contributed by atoms with Gasteiger partial charge in [-0.1, -0.05) is 19.9 Å². The van der Waals surface area contributed by atoms with Crippen molar-refractivity contribution in [2.24, 2.45) is 5.92 Å². The van der Waals surface area contributed by atoms with Crippen LogP contribution in [0.3, 0.4) is 0 Å². The van der Waals surface area contributed by atoms with E-state index in [0.29, 0.717) is 30.2 Å². The summed E-state index contributed by atoms with van der Waals surface area (Å²) in [5, 5.41) is 13.0. The fourth-order valence-corrected chi connectivity index (χ4v) is 1.93. The van der Waals surface area contributed by atoms with E-state index >= 15 is 0 Å². The van der Waals surface area contributed by atoms with Gasteiger partial charge < -0.3 is 19.9 Å². The van der Waals surface area contributed by atoms with Crippen LogP contribution >= 0.6 is 0 Å². The topological polar surface area (TPSA) is 67.8 Å². The largest absolute Gasteiger partial charge is 0.507 e. The molecular formula is C15H23NO4. The first-order valence-corrected chi connectivity index (χ1v) is 6.65. The Bertz CT molecular complexity index is 445. The van der Waals surface area contributed by atoms with Crippen LogP contribution in [0.25, 0.3) is 0 Å². The lowest BCUT2D eigenvalue weighted by Gasteiger charge is -2.18. The van der Waals surface area contributed by atoms with Gasteiger partial charge in [-0.15, -0.1) is 0 Å². The zero-order valence-electron chi connectivity index (χ0n) is 12.5. The highest BCUT2D eigenvalue weighted by Gasteiger charge is 2.20. The number of rotatable bonds is 7. The fraction of sp³-hybridized carbons (Fsp3) is 0.533. The van der Waals surface area contributed by atoms with Gasteiger partial charge in [0.25, 0.3) is 0 Å². The molecule has 0 bridgehead atoms. The number of nitrogens with one attached hydrogen (secondary N) is 1. The summed E-state index contributed by atoms with van der Waals surface area (Å²) in [4.78, 5) is 11.7. The van der Waals surface area contributed by atoms with Crippen LogP contribution in [0, 0.1) is 5.92 Å². The molecule has 5 nitrogen and oxygen atoms in total. The van der Waals surface area contributed by atoms with Gasteiger partial charge in [0.2, 0.25) is 0 Å². The summed E-state index contributed by atoms with van der Waals surface area (Å²) < 4.78 is 9.81. The molecule has 112 valence electrons. The van der Waals surface area contributed by atoms with Crippen LogP contribution in [0.15, 0.2) is 18.2 Å². The highest BCUT2D eigenvalue weighted by molar-refractivity contribution is 5.75. The number of ether oxygens (including phenoxy) is 2. The molecule has 0 heterocycles. The van der Waals surface area contributed by atoms with Gasteiger partial charge in [-0.3, -0.25) is 4.79 Å². The summed E-state index contributed by atoms with van der Waals surface area (Å²) >= 11 is 0. The molecule has 20 heavy (non-hydrogen) atoms. The van der Waals surface area contributed by atoms with Crippen LogP contribution in [-0.4, -0.2) is 31.3 Å². The number of carbonyl (C=O) groups is 1. The zero-order valence-corrected chi connectivity index (χ0v) is 12.5. The van der Waals surface area contributed by atoms with Crippen molar-refractivity contribution in [3.8, 4) is 11.5 Å². The molecule has 1 atom stereocenters. The summed E-state index contributed by atoms with van der Waals surface area (Å²) in [6, 6.07) is 4.71. The molecule has 0 amide bonds. The quantitative estimate of drug-likeness (QED) is 0.749. The van der Waals surface area contributed by atoms with E-state index in [0.717, 1.165) is 0 Å². The summed E-state index contributed by atoms with van der Waals surface area (Å²) in [5.74, 6) is 0.825. The Balaban J connectivity index is 2.69. The smallest absolute Gasteiger partial charge is 0.322 e. The number of phenolic OH excluding ortho intramolecular Hbond substituents is 1. The predicted octanol–water partition coefficient (Wildman–Crippen LogP) is 2.08. The SMILES string of the molecule is COC(=O)C(CC(C)C)NCc1ccc(OC)cc1O. The van der Waals surface area contributed by atoms with E-state index in [4.69, 9.17) is 9.47 Å². The van der Waals surface area contributed by atoms with Crippen molar-refractivity contribution in [2.75, 3.05) is 14.2 Å². The molecule has 2 N–H and O–H groups in total. The van der Waals surface area contributed by atoms with Gasteiger partial charge in [0.15, 0.2) is 0 Å². The second-order valence-corrected chi connectivity index (χ2v) is 5.08. The van der Waals surface area contributed by atoms with Crippen molar-refractivity contribution < 1.29 is 19.4 Å². The first kappa shape index (κ1) is 16.3. The lowest BCUT2D eigenvalue weighted by molar-refractivity contribution is -0.143. The highest BCUT2D eigenvalue weighted by atomic mass is 16.5. The van der Waals surface area contributed by atoms with Crippen molar-refractivity contribution in [3.63, 3.8) is 0 Å². The Labute approximate surface area is 119 Å². The van der Waals surface area contributed by atoms with Gasteiger partial charge in [0, 0.05) is 18.2 Å². The van der Waals surface area contributed by atoms with Crippen LogP contribution < -0.4 is 10.1 Å². The fourth-order valence-electron chi connectivity index (χ4n) is 1.93. The number of carbonyl (C=O) groups excluding carboxylic acids is 1. The van der Waals surface area contributed by atoms with Gasteiger partial charge in [-0.05, 0) is 18.4 Å². The van der Waals surface area contributed by atoms with E-state index in [9.17, 15) is 9.90 Å². The second kappa shape index (κ2) is 7.75. The lowest BCUT2D eigenvalue weighted by Crippen LogP contribution is -2.38. The molecule has 0 aliphatic rings. The van der Waals surface area contributed by atoms with Crippen LogP contribution in [0.2, 0.25) is 0 Å². The maximum absolute atomic E-state index is 11.7. The van der Waals surface area contributed by atoms with E-state index in [1.165, 1.54) is 7.11 Å². The Morgan fingerprint density at radius 1 is 1.35 bits per heavy atom. The van der Waals surface area contributed by atoms with Gasteiger partial charge in [-0.2, -0.15) is 0 Å². The van der Waals surface area contributed by atoms with Gasteiger partial charge >= 0.3 is 5.97 Å². The minimum atomic E-state index is -0.374. The molecule has 0 saturated heterocycles. The third kappa shape index (κ3) is 4.74. The normalized spacial score (nSPS) is 12.2. The number of aromatic hydroxyl groups is 1. The second-order valence-electron chi connectivity index (χ2n) is 5.08. The van der Waals surface area contributed by atoms with Crippen molar-refractivity contribution >= 4 is 5.97 Å². The van der Waals surface area contributed by atoms with Crippen molar-refractivity contribution in [1.29, 1.82) is 0 Å². The number of benzene rings is 1. The number of phenols is 1. The third-order valence-corrected chi connectivity index (χ3v) is 3.02. The molecule has 0 radical (unpaired) electrons. The van der Waals surface area contributed by atoms with E-state index < -0.39 is 0 Å². The molecule has 0 fully saturated rings. The van der Waals surface area contributed by atoms with E-state index in [1.54, 1.807) is 25.3 Å². The third-order valence-electron chi connectivity index (χ3n) is 3.02. The van der Waals surface area contributed by atoms with Gasteiger partial charge in [0.1, 0.15) is 17.5 Å². The van der Waals surface area contributed by atoms with Crippen molar-refractivity contribution in [2.45, 2.75) is 32.9 Å². The molecule has 0 spiro atoms. The molecule has 0 aliphatic heterocycles. The summed E-state index contributed by atoms with van der Waals surface area (Å²) in [6.45, 7) is 4.48. The lowest BCUT2D eigenvalue weighted by atomic mass is 10.0. The molecule has 1 aromatic rings. The van der Waals surface area contributed by atoms with Crippen LogP contribution in [-0.2, 0) is 16.1 Å². The van der Waals surface area contributed by atoms with E-state index in [-0.39, 0.29) is 17.8 Å². The Morgan fingerprint density at radius 2 is 2.05 bits per heavy atom. The van der Waals surface area contributed by atoms with Crippen molar-refractivity contribution in [1.82, 2.24) is 5.32 Å². The average molecular weight is 281 g/mol.